The zero-order valence-electron chi connectivity index (χ0n) is 20.1. The van der Waals surface area contributed by atoms with E-state index >= 15 is 0 Å². The number of aromatic hydroxyl groups is 1. The van der Waals surface area contributed by atoms with Crippen molar-refractivity contribution >= 4 is 18.4 Å². The van der Waals surface area contributed by atoms with Crippen molar-refractivity contribution in [1.82, 2.24) is 10.6 Å². The molecule has 0 amide bonds. The molecule has 36 heavy (non-hydrogen) atoms. The number of phenols is 1. The number of nitrogens with one attached hydrogen (secondary N) is 2. The third-order valence-corrected chi connectivity index (χ3v) is 7.00. The first-order valence-electron chi connectivity index (χ1n) is 11.7. The molecule has 1 saturated heterocycles. The van der Waals surface area contributed by atoms with Gasteiger partial charge >= 0.3 is 5.97 Å². The van der Waals surface area contributed by atoms with Gasteiger partial charge in [-0.2, -0.15) is 0 Å². The number of ether oxygens (including phenoxy) is 5. The number of aliphatic hydroxyl groups excluding tert-OH is 1. The van der Waals surface area contributed by atoms with Gasteiger partial charge in [-0.3, -0.25) is 4.79 Å². The summed E-state index contributed by atoms with van der Waals surface area (Å²) in [4.78, 5) is 13.1. The number of hydrogen-bond donors (Lipinski definition) is 4. The van der Waals surface area contributed by atoms with Crippen molar-refractivity contribution in [3.8, 4) is 28.7 Å². The van der Waals surface area contributed by atoms with Crippen molar-refractivity contribution in [2.24, 2.45) is 11.8 Å². The Balaban J connectivity index is 0.00000304. The van der Waals surface area contributed by atoms with E-state index in [0.717, 1.165) is 16.7 Å². The number of aliphatic hydroxyl groups is 1. The first-order chi connectivity index (χ1) is 17.1. The van der Waals surface area contributed by atoms with Gasteiger partial charge in [0, 0.05) is 37.5 Å². The van der Waals surface area contributed by atoms with Gasteiger partial charge in [-0.1, -0.05) is 0 Å². The van der Waals surface area contributed by atoms with E-state index < -0.39 is 5.92 Å². The minimum Gasteiger partial charge on any atom is -0.502 e. The molecule has 0 bridgehead atoms. The Bertz CT molecular complexity index is 1090. The Kier molecular flexibility index (Phi) is 7.99. The number of methoxy groups -OCH3 is 2. The minimum absolute atomic E-state index is 0. The molecule has 0 radical (unpaired) electrons. The first kappa shape index (κ1) is 26.2. The summed E-state index contributed by atoms with van der Waals surface area (Å²) in [6, 6.07) is 7.26. The fourth-order valence-corrected chi connectivity index (χ4v) is 5.44. The van der Waals surface area contributed by atoms with Crippen LogP contribution < -0.4 is 29.6 Å². The SMILES string of the molecule is COc1cc([C@@H]2c3cc4c(cc3[C@@H](NCCNCCO)[C@H]3COC(=O)[C@H]23)OCO4)cc(OC)c1O.Cl. The average molecular weight is 523 g/mol. The van der Waals surface area contributed by atoms with E-state index in [0.29, 0.717) is 37.7 Å². The Hall–Kier alpha value is -2.92. The number of benzene rings is 2. The molecule has 0 unspecified atom stereocenters. The predicted octanol–water partition coefficient (Wildman–Crippen LogP) is 1.71. The van der Waals surface area contributed by atoms with Gasteiger partial charge in [-0.05, 0) is 41.0 Å². The zero-order valence-corrected chi connectivity index (χ0v) is 20.9. The van der Waals surface area contributed by atoms with Crippen molar-refractivity contribution in [2.45, 2.75) is 12.0 Å². The van der Waals surface area contributed by atoms with E-state index in [4.69, 9.17) is 28.8 Å². The molecule has 2 aliphatic heterocycles. The third-order valence-electron chi connectivity index (χ3n) is 7.00. The number of carbonyl (C=O) groups excluding carboxylic acids is 1. The lowest BCUT2D eigenvalue weighted by Crippen LogP contribution is -2.42. The van der Waals surface area contributed by atoms with E-state index in [1.807, 2.05) is 12.1 Å². The van der Waals surface area contributed by atoms with Crippen LogP contribution in [0.4, 0.5) is 0 Å². The van der Waals surface area contributed by atoms with Gasteiger partial charge in [0.1, 0.15) is 0 Å². The monoisotopic (exact) mass is 522 g/mol. The van der Waals surface area contributed by atoms with Crippen LogP contribution in [-0.2, 0) is 9.53 Å². The summed E-state index contributed by atoms with van der Waals surface area (Å²) in [7, 11) is 2.95. The summed E-state index contributed by atoms with van der Waals surface area (Å²) in [6.45, 7) is 2.33. The van der Waals surface area contributed by atoms with Crippen LogP contribution in [0.25, 0.3) is 0 Å². The second-order valence-electron chi connectivity index (χ2n) is 8.81. The zero-order chi connectivity index (χ0) is 24.5. The van der Waals surface area contributed by atoms with Crippen LogP contribution in [0, 0.1) is 11.8 Å². The van der Waals surface area contributed by atoms with Crippen molar-refractivity contribution in [3.05, 3.63) is 41.0 Å². The van der Waals surface area contributed by atoms with E-state index in [-0.39, 0.29) is 66.9 Å². The van der Waals surface area contributed by atoms with Crippen molar-refractivity contribution in [2.75, 3.05) is 53.9 Å². The van der Waals surface area contributed by atoms with E-state index in [1.54, 1.807) is 12.1 Å². The Labute approximate surface area is 215 Å². The maximum atomic E-state index is 13.1. The van der Waals surface area contributed by atoms with E-state index in [1.165, 1.54) is 14.2 Å². The van der Waals surface area contributed by atoms with Crippen LogP contribution in [0.5, 0.6) is 28.7 Å². The summed E-state index contributed by atoms with van der Waals surface area (Å²) < 4.78 is 27.7. The molecule has 4 N–H and O–H groups in total. The Morgan fingerprint density at radius 1 is 0.972 bits per heavy atom. The topological polar surface area (TPSA) is 128 Å². The lowest BCUT2D eigenvalue weighted by atomic mass is 9.65. The highest BCUT2D eigenvalue weighted by atomic mass is 35.5. The summed E-state index contributed by atoms with van der Waals surface area (Å²) >= 11 is 0. The Morgan fingerprint density at radius 3 is 2.28 bits per heavy atom. The molecule has 2 aromatic rings. The van der Waals surface area contributed by atoms with Crippen molar-refractivity contribution in [3.63, 3.8) is 0 Å². The molecule has 1 aliphatic carbocycles. The van der Waals surface area contributed by atoms with Gasteiger partial charge in [-0.25, -0.2) is 0 Å². The average Bonchev–Trinajstić information content (AvgIpc) is 3.49. The van der Waals surface area contributed by atoms with Crippen LogP contribution in [0.2, 0.25) is 0 Å². The highest BCUT2D eigenvalue weighted by molar-refractivity contribution is 5.85. The van der Waals surface area contributed by atoms with E-state index in [2.05, 4.69) is 10.6 Å². The molecule has 0 aromatic heterocycles. The molecule has 196 valence electrons. The van der Waals surface area contributed by atoms with Gasteiger partial charge in [0.25, 0.3) is 0 Å². The van der Waals surface area contributed by atoms with Crippen LogP contribution in [0.15, 0.2) is 24.3 Å². The fourth-order valence-electron chi connectivity index (χ4n) is 5.44. The summed E-state index contributed by atoms with van der Waals surface area (Å²) in [6.07, 6.45) is 0. The second kappa shape index (κ2) is 11.0. The van der Waals surface area contributed by atoms with Crippen molar-refractivity contribution < 1.29 is 38.7 Å². The van der Waals surface area contributed by atoms with Crippen LogP contribution >= 0.6 is 12.4 Å². The number of halogens is 1. The normalized spacial score (nSPS) is 23.4. The molecule has 0 spiro atoms. The van der Waals surface area contributed by atoms with Crippen LogP contribution in [0.1, 0.15) is 28.7 Å². The third kappa shape index (κ3) is 4.50. The van der Waals surface area contributed by atoms with Gasteiger partial charge in [0.05, 0.1) is 33.4 Å². The minimum atomic E-state index is -0.454. The smallest absolute Gasteiger partial charge is 0.310 e. The van der Waals surface area contributed by atoms with Gasteiger partial charge in [-0.15, -0.1) is 12.4 Å². The molecule has 0 saturated carbocycles. The summed E-state index contributed by atoms with van der Waals surface area (Å²) in [5.41, 5.74) is 2.70. The highest BCUT2D eigenvalue weighted by Crippen LogP contribution is 2.55. The number of hydrogen-bond acceptors (Lipinski definition) is 10. The molecule has 10 nitrogen and oxygen atoms in total. The maximum absolute atomic E-state index is 13.1. The Morgan fingerprint density at radius 2 is 1.64 bits per heavy atom. The number of fused-ring (bicyclic) bond motifs is 3. The standard InChI is InChI=1S/C25H30N2O8.ClH/c1-31-19-7-13(8-20(32-2)24(19)29)21-14-9-17-18(35-12-34-17)10-15(14)23(27-4-3-26-5-6-28)16-11-33-25(30)22(16)21;/h7-10,16,21-23,26-29H,3-6,11-12H2,1-2H3;1H/t16-,21+,22-,23+;/m0./s1. The molecule has 4 atom stereocenters. The lowest BCUT2D eigenvalue weighted by Gasteiger charge is -2.39. The van der Waals surface area contributed by atoms with Gasteiger partial charge in [0.15, 0.2) is 23.0 Å². The molecule has 5 rings (SSSR count). The van der Waals surface area contributed by atoms with Crippen LogP contribution in [0.3, 0.4) is 0 Å². The molecule has 1 fully saturated rings. The van der Waals surface area contributed by atoms with Crippen molar-refractivity contribution in [1.29, 1.82) is 0 Å². The summed E-state index contributed by atoms with van der Waals surface area (Å²) in [5, 5.41) is 26.2. The molecule has 11 heteroatoms. The molecule has 3 aliphatic rings. The predicted molar refractivity (Wildman–Crippen MR) is 132 cm³/mol. The number of esters is 1. The van der Waals surface area contributed by atoms with E-state index in [9.17, 15) is 9.90 Å². The molecule has 2 heterocycles. The molecular formula is C25H31ClN2O8. The fraction of sp³-hybridized carbons (Fsp3) is 0.480. The number of cyclic esters (lactones) is 1. The molecular weight excluding hydrogens is 492 g/mol. The number of phenolic OH excluding ortho intramolecular Hbond substituents is 1. The van der Waals surface area contributed by atoms with Crippen LogP contribution in [-0.4, -0.2) is 70.0 Å². The second-order valence-corrected chi connectivity index (χ2v) is 8.81. The largest absolute Gasteiger partial charge is 0.502 e. The highest BCUT2D eigenvalue weighted by Gasteiger charge is 2.52. The summed E-state index contributed by atoms with van der Waals surface area (Å²) in [5.74, 6) is 0.513. The molecule has 2 aromatic carbocycles. The maximum Gasteiger partial charge on any atom is 0.310 e. The number of carbonyl (C=O) groups is 1. The number of rotatable bonds is 9. The quantitative estimate of drug-likeness (QED) is 0.285. The van der Waals surface area contributed by atoms with Gasteiger partial charge in [0.2, 0.25) is 12.5 Å². The lowest BCUT2D eigenvalue weighted by molar-refractivity contribution is -0.141. The first-order valence-corrected chi connectivity index (χ1v) is 11.7. The van der Waals surface area contributed by atoms with Gasteiger partial charge < -0.3 is 44.5 Å².